The van der Waals surface area contributed by atoms with Crippen LogP contribution in [0.15, 0.2) is 30.7 Å². The van der Waals surface area contributed by atoms with E-state index in [4.69, 9.17) is 21.3 Å². The number of anilines is 1. The van der Waals surface area contributed by atoms with Gasteiger partial charge >= 0.3 is 6.18 Å². The van der Waals surface area contributed by atoms with Gasteiger partial charge in [-0.2, -0.15) is 18.2 Å². The van der Waals surface area contributed by atoms with Crippen molar-refractivity contribution in [3.05, 3.63) is 52.7 Å². The molecule has 10 nitrogen and oxygen atoms in total. The number of halogens is 4. The molecule has 1 aromatic carbocycles. The predicted octanol–water partition coefficient (Wildman–Crippen LogP) is 5.11. The normalized spacial score (nSPS) is 15.4. The van der Waals surface area contributed by atoms with Crippen molar-refractivity contribution in [2.24, 2.45) is 0 Å². The summed E-state index contributed by atoms with van der Waals surface area (Å²) in [6.07, 6.45) is 0.119. The van der Waals surface area contributed by atoms with E-state index in [2.05, 4.69) is 20.1 Å². The van der Waals surface area contributed by atoms with Gasteiger partial charge in [0, 0.05) is 30.6 Å². The van der Waals surface area contributed by atoms with E-state index in [0.717, 1.165) is 24.7 Å². The molecule has 0 unspecified atom stereocenters. The molecule has 4 heterocycles. The number of rotatable bonds is 7. The Morgan fingerprint density at radius 1 is 1.18 bits per heavy atom. The molecule has 1 amide bonds. The van der Waals surface area contributed by atoms with E-state index in [9.17, 15) is 18.0 Å². The second-order valence-electron chi connectivity index (χ2n) is 9.65. The lowest BCUT2D eigenvalue weighted by molar-refractivity contribution is -0.140. The van der Waals surface area contributed by atoms with Crippen molar-refractivity contribution >= 4 is 23.5 Å². The minimum Gasteiger partial charge on any atom is -0.480 e. The van der Waals surface area contributed by atoms with Gasteiger partial charge in [-0.1, -0.05) is 17.7 Å². The third kappa shape index (κ3) is 4.67. The molecular formula is C26H24ClF3N8O2. The summed E-state index contributed by atoms with van der Waals surface area (Å²) in [6, 6.07) is 4.96. The van der Waals surface area contributed by atoms with Crippen molar-refractivity contribution in [3.8, 4) is 28.7 Å². The van der Waals surface area contributed by atoms with Gasteiger partial charge in [-0.3, -0.25) is 9.69 Å². The summed E-state index contributed by atoms with van der Waals surface area (Å²) in [5, 5.41) is 4.88. The average Bonchev–Trinajstić information content (AvgIpc) is 3.53. The molecule has 1 fully saturated rings. The van der Waals surface area contributed by atoms with E-state index in [-0.39, 0.29) is 36.3 Å². The first-order valence-corrected chi connectivity index (χ1v) is 13.1. The number of hydrogen-bond donors (Lipinski definition) is 0. The molecule has 6 rings (SSSR count). The van der Waals surface area contributed by atoms with Crippen LogP contribution in [0.4, 0.5) is 19.1 Å². The van der Waals surface area contributed by atoms with Crippen molar-refractivity contribution in [1.82, 2.24) is 34.3 Å². The minimum absolute atomic E-state index is 0.121. The van der Waals surface area contributed by atoms with Crippen LogP contribution in [0.25, 0.3) is 22.8 Å². The van der Waals surface area contributed by atoms with Crippen molar-refractivity contribution in [1.29, 1.82) is 0 Å². The molecule has 1 aliphatic heterocycles. The SMILES string of the molecule is CCn1cc(C(F)(F)F)nc1-c1ccc(CN2C(=O)CCn3nc(-c4c(OC)ncnc4C4CC4)nc32)cc1Cl. The lowest BCUT2D eigenvalue weighted by Gasteiger charge is -2.26. The number of aromatic nitrogens is 7. The molecule has 0 atom stereocenters. The predicted molar refractivity (Wildman–Crippen MR) is 139 cm³/mol. The third-order valence-corrected chi connectivity index (χ3v) is 7.29. The molecule has 4 aromatic rings. The largest absolute Gasteiger partial charge is 0.480 e. The monoisotopic (exact) mass is 572 g/mol. The van der Waals surface area contributed by atoms with E-state index >= 15 is 0 Å². The molecule has 0 bridgehead atoms. The van der Waals surface area contributed by atoms with Crippen LogP contribution in [0.3, 0.4) is 0 Å². The summed E-state index contributed by atoms with van der Waals surface area (Å²) in [6.45, 7) is 2.53. The highest BCUT2D eigenvalue weighted by Crippen LogP contribution is 2.45. The van der Waals surface area contributed by atoms with Crippen molar-refractivity contribution in [3.63, 3.8) is 0 Å². The van der Waals surface area contributed by atoms with Crippen LogP contribution in [0.1, 0.15) is 49.1 Å². The maximum atomic E-state index is 13.3. The Bertz CT molecular complexity index is 1610. The molecule has 2 aliphatic rings. The first kappa shape index (κ1) is 26.2. The Morgan fingerprint density at radius 2 is 1.98 bits per heavy atom. The Labute approximate surface area is 231 Å². The summed E-state index contributed by atoms with van der Waals surface area (Å²) in [5.41, 5.74) is 1.50. The van der Waals surface area contributed by atoms with Gasteiger partial charge in [0.2, 0.25) is 17.7 Å². The number of benzene rings is 1. The van der Waals surface area contributed by atoms with E-state index in [1.807, 2.05) is 0 Å². The summed E-state index contributed by atoms with van der Waals surface area (Å²) < 4.78 is 48.3. The van der Waals surface area contributed by atoms with Crippen LogP contribution in [-0.2, 0) is 30.6 Å². The first-order chi connectivity index (χ1) is 19.2. The lowest BCUT2D eigenvalue weighted by Crippen LogP contribution is -2.37. The van der Waals surface area contributed by atoms with Gasteiger partial charge in [-0.15, -0.1) is 5.10 Å². The number of fused-ring (bicyclic) bond motifs is 1. The number of nitrogens with zero attached hydrogens (tertiary/aromatic N) is 8. The number of alkyl halides is 3. The Morgan fingerprint density at radius 3 is 2.65 bits per heavy atom. The second-order valence-corrected chi connectivity index (χ2v) is 10.1. The fourth-order valence-electron chi connectivity index (χ4n) is 4.84. The summed E-state index contributed by atoms with van der Waals surface area (Å²) in [7, 11) is 1.53. The van der Waals surface area contributed by atoms with Crippen molar-refractivity contribution in [2.45, 2.75) is 57.9 Å². The molecule has 0 spiro atoms. The molecule has 1 saturated carbocycles. The summed E-state index contributed by atoms with van der Waals surface area (Å²) in [5.74, 6) is 1.40. The summed E-state index contributed by atoms with van der Waals surface area (Å²) in [4.78, 5) is 31.7. The van der Waals surface area contributed by atoms with E-state index in [1.165, 1.54) is 22.9 Å². The topological polar surface area (TPSA) is 104 Å². The average molecular weight is 573 g/mol. The fourth-order valence-corrected chi connectivity index (χ4v) is 5.13. The number of ether oxygens (including phenoxy) is 1. The number of amides is 1. The molecular weight excluding hydrogens is 549 g/mol. The maximum Gasteiger partial charge on any atom is 0.434 e. The van der Waals surface area contributed by atoms with E-state index < -0.39 is 11.9 Å². The highest BCUT2D eigenvalue weighted by molar-refractivity contribution is 6.33. The number of imidazole rings is 1. The number of hydrogen-bond acceptors (Lipinski definition) is 7. The van der Waals surface area contributed by atoms with Gasteiger partial charge in [0.1, 0.15) is 17.7 Å². The van der Waals surface area contributed by atoms with Crippen molar-refractivity contribution in [2.75, 3.05) is 12.0 Å². The molecule has 3 aromatic heterocycles. The van der Waals surface area contributed by atoms with Crippen molar-refractivity contribution < 1.29 is 22.7 Å². The van der Waals surface area contributed by atoms with E-state index in [0.29, 0.717) is 46.8 Å². The van der Waals surface area contributed by atoms with Crippen LogP contribution in [0, 0.1) is 0 Å². The standard InChI is InChI=1S/C26H24ClF3N8O2/c1-3-36-12-18(26(28,29)30)33-23(36)16-7-4-14(10-17(16)27)11-37-19(39)8-9-38-25(37)34-22(35-38)20-21(15-5-6-15)31-13-32-24(20)40-2/h4,7,10,12-13,15H,3,5-6,8-9,11H2,1-2H3. The van der Waals surface area contributed by atoms with Gasteiger partial charge in [0.05, 0.1) is 30.9 Å². The highest BCUT2D eigenvalue weighted by atomic mass is 35.5. The van der Waals surface area contributed by atoms with Crippen LogP contribution >= 0.6 is 11.6 Å². The Kier molecular flexibility index (Phi) is 6.48. The second kappa shape index (κ2) is 9.88. The van der Waals surface area contributed by atoms with Gasteiger partial charge in [-0.25, -0.2) is 19.6 Å². The zero-order chi connectivity index (χ0) is 28.2. The zero-order valence-electron chi connectivity index (χ0n) is 21.6. The minimum atomic E-state index is -4.57. The van der Waals surface area contributed by atoms with Gasteiger partial charge < -0.3 is 9.30 Å². The molecule has 14 heteroatoms. The zero-order valence-corrected chi connectivity index (χ0v) is 22.4. The Balaban J connectivity index is 1.32. The van der Waals surface area contributed by atoms with E-state index in [1.54, 1.807) is 29.8 Å². The van der Waals surface area contributed by atoms with Crippen LogP contribution in [0.2, 0.25) is 5.02 Å². The lowest BCUT2D eigenvalue weighted by atomic mass is 10.1. The first-order valence-electron chi connectivity index (χ1n) is 12.8. The van der Waals surface area contributed by atoms with Crippen LogP contribution < -0.4 is 9.64 Å². The highest BCUT2D eigenvalue weighted by Gasteiger charge is 2.36. The quantitative estimate of drug-likeness (QED) is 0.303. The number of carbonyl (C=O) groups excluding carboxylic acids is 1. The summed E-state index contributed by atoms with van der Waals surface area (Å²) >= 11 is 6.54. The molecule has 0 radical (unpaired) electrons. The molecule has 0 saturated heterocycles. The smallest absolute Gasteiger partial charge is 0.434 e. The number of carbonyl (C=O) groups is 1. The van der Waals surface area contributed by atoms with Crippen LogP contribution in [0.5, 0.6) is 5.88 Å². The fraction of sp³-hybridized carbons (Fsp3) is 0.385. The van der Waals surface area contributed by atoms with Crippen LogP contribution in [-0.4, -0.2) is 47.3 Å². The van der Waals surface area contributed by atoms with Gasteiger partial charge in [-0.05, 0) is 37.5 Å². The maximum absolute atomic E-state index is 13.3. The molecule has 208 valence electrons. The Hall–Kier alpha value is -4.00. The molecule has 1 aliphatic carbocycles. The molecule has 40 heavy (non-hydrogen) atoms. The van der Waals surface area contributed by atoms with Gasteiger partial charge in [0.15, 0.2) is 11.5 Å². The van der Waals surface area contributed by atoms with Gasteiger partial charge in [0.25, 0.3) is 0 Å². The number of methoxy groups -OCH3 is 1. The number of aryl methyl sites for hydroxylation is 2. The third-order valence-electron chi connectivity index (χ3n) is 6.98. The molecule has 0 N–H and O–H groups in total.